The zero-order valence-corrected chi connectivity index (χ0v) is 8.64. The van der Waals surface area contributed by atoms with E-state index in [0.29, 0.717) is 13.2 Å². The highest BCUT2D eigenvalue weighted by molar-refractivity contribution is 5.76. The Hall–Kier alpha value is -0.650. The normalized spacial score (nSPS) is 21.1. The van der Waals surface area contributed by atoms with E-state index >= 15 is 0 Å². The van der Waals surface area contributed by atoms with E-state index in [-0.39, 0.29) is 12.0 Å². The molecule has 1 aliphatic heterocycles. The van der Waals surface area contributed by atoms with Crippen LogP contribution in [-0.4, -0.2) is 25.2 Å². The van der Waals surface area contributed by atoms with Gasteiger partial charge in [0.1, 0.15) is 6.04 Å². The highest BCUT2D eigenvalue weighted by atomic mass is 16.5. The molecule has 1 fully saturated rings. The predicted octanol–water partition coefficient (Wildman–Crippen LogP) is 0.0909. The van der Waals surface area contributed by atoms with Gasteiger partial charge in [0.15, 0.2) is 0 Å². The lowest BCUT2D eigenvalue weighted by atomic mass is 10.2. The fraction of sp³-hybridized carbons (Fsp3) is 0.889. The lowest BCUT2D eigenvalue weighted by molar-refractivity contribution is -0.145. The first kappa shape index (κ1) is 11.4. The molecule has 5 nitrogen and oxygen atoms in total. The molecule has 1 saturated heterocycles. The molecule has 0 aromatic heterocycles. The third kappa shape index (κ3) is 4.04. The lowest BCUT2D eigenvalue weighted by Crippen LogP contribution is -2.39. The van der Waals surface area contributed by atoms with Gasteiger partial charge < -0.3 is 4.74 Å². The Bertz CT molecular complexity index is 169. The quantitative estimate of drug-likeness (QED) is 0.420. The predicted molar refractivity (Wildman–Crippen MR) is 53.2 cm³/mol. The van der Waals surface area contributed by atoms with Gasteiger partial charge in [-0.1, -0.05) is 26.2 Å². The number of hydrogen-bond acceptors (Lipinski definition) is 5. The molecule has 0 radical (unpaired) electrons. The maximum absolute atomic E-state index is 11.3. The first-order valence-electron chi connectivity index (χ1n) is 5.24. The summed E-state index contributed by atoms with van der Waals surface area (Å²) in [7, 11) is 0. The molecule has 82 valence electrons. The molecule has 1 heterocycles. The minimum atomic E-state index is -0.249. The molecule has 0 spiro atoms. The largest absolute Gasteiger partial charge is 0.464 e. The third-order valence-corrected chi connectivity index (χ3v) is 2.17. The third-order valence-electron chi connectivity index (χ3n) is 2.17. The van der Waals surface area contributed by atoms with Crippen LogP contribution in [0.4, 0.5) is 0 Å². The van der Waals surface area contributed by atoms with Crippen LogP contribution >= 0.6 is 0 Å². The molecule has 1 aliphatic rings. The van der Waals surface area contributed by atoms with Crippen molar-refractivity contribution in [1.82, 2.24) is 16.4 Å². The van der Waals surface area contributed by atoms with E-state index in [2.05, 4.69) is 23.3 Å². The lowest BCUT2D eigenvalue weighted by Gasteiger charge is -2.08. The summed E-state index contributed by atoms with van der Waals surface area (Å²) in [6.07, 6.45) is 4.51. The van der Waals surface area contributed by atoms with Crippen LogP contribution in [0.25, 0.3) is 0 Å². The van der Waals surface area contributed by atoms with Crippen LogP contribution in [-0.2, 0) is 9.53 Å². The molecule has 1 rings (SSSR count). The van der Waals surface area contributed by atoms with Crippen molar-refractivity contribution >= 4 is 5.97 Å². The van der Waals surface area contributed by atoms with Gasteiger partial charge in [-0.25, -0.2) is 10.9 Å². The summed E-state index contributed by atoms with van der Waals surface area (Å²) in [6, 6.07) is -0.249. The minimum Gasteiger partial charge on any atom is -0.464 e. The van der Waals surface area contributed by atoms with Gasteiger partial charge >= 0.3 is 5.97 Å². The van der Waals surface area contributed by atoms with Crippen LogP contribution in [0.2, 0.25) is 0 Å². The van der Waals surface area contributed by atoms with Crippen LogP contribution in [0.15, 0.2) is 0 Å². The molecule has 3 N–H and O–H groups in total. The molecule has 1 unspecified atom stereocenters. The highest BCUT2D eigenvalue weighted by Crippen LogP contribution is 2.00. The van der Waals surface area contributed by atoms with Crippen LogP contribution in [0.5, 0.6) is 0 Å². The van der Waals surface area contributed by atoms with E-state index < -0.39 is 0 Å². The Kier molecular flexibility index (Phi) is 5.51. The summed E-state index contributed by atoms with van der Waals surface area (Å²) in [4.78, 5) is 11.3. The number of esters is 1. The monoisotopic (exact) mass is 201 g/mol. The smallest absolute Gasteiger partial charge is 0.325 e. The number of ether oxygens (including phenoxy) is 1. The Morgan fingerprint density at radius 1 is 1.43 bits per heavy atom. The molecule has 0 aromatic rings. The summed E-state index contributed by atoms with van der Waals surface area (Å²) in [5, 5.41) is 0. The molecular weight excluding hydrogens is 182 g/mol. The minimum absolute atomic E-state index is 0.181. The van der Waals surface area contributed by atoms with Crippen molar-refractivity contribution in [2.75, 3.05) is 13.2 Å². The second-order valence-corrected chi connectivity index (χ2v) is 3.43. The molecule has 0 aromatic carbocycles. The summed E-state index contributed by atoms with van der Waals surface area (Å²) < 4.78 is 5.09. The van der Waals surface area contributed by atoms with Crippen molar-refractivity contribution in [1.29, 1.82) is 0 Å². The van der Waals surface area contributed by atoms with Gasteiger partial charge in [0, 0.05) is 6.54 Å². The first-order valence-corrected chi connectivity index (χ1v) is 5.24. The second kappa shape index (κ2) is 6.75. The van der Waals surface area contributed by atoms with Crippen LogP contribution in [0, 0.1) is 0 Å². The molecule has 0 bridgehead atoms. The first-order chi connectivity index (χ1) is 6.84. The van der Waals surface area contributed by atoms with Gasteiger partial charge in [-0.15, -0.1) is 0 Å². The zero-order chi connectivity index (χ0) is 10.2. The Balaban J connectivity index is 1.97. The van der Waals surface area contributed by atoms with Crippen LogP contribution in [0.3, 0.4) is 0 Å². The SMILES string of the molecule is CCCCCCOC(=O)C1CNNN1. The average Bonchev–Trinajstić information content (AvgIpc) is 2.70. The van der Waals surface area contributed by atoms with E-state index in [0.717, 1.165) is 12.8 Å². The summed E-state index contributed by atoms with van der Waals surface area (Å²) in [5.41, 5.74) is 8.24. The standard InChI is InChI=1S/C9H19N3O2/c1-2-3-4-5-6-14-9(13)8-7-10-12-11-8/h8,10-12H,2-7H2,1H3. The van der Waals surface area contributed by atoms with E-state index in [9.17, 15) is 4.79 Å². The number of hydrogen-bond donors (Lipinski definition) is 3. The van der Waals surface area contributed by atoms with E-state index in [1.807, 2.05) is 0 Å². The van der Waals surface area contributed by atoms with Crippen LogP contribution < -0.4 is 16.4 Å². The number of nitrogens with one attached hydrogen (secondary N) is 3. The van der Waals surface area contributed by atoms with Crippen molar-refractivity contribution in [2.24, 2.45) is 0 Å². The zero-order valence-electron chi connectivity index (χ0n) is 8.64. The van der Waals surface area contributed by atoms with Gasteiger partial charge in [0.05, 0.1) is 6.61 Å². The number of unbranched alkanes of at least 4 members (excludes halogenated alkanes) is 3. The van der Waals surface area contributed by atoms with Gasteiger partial charge in [0.25, 0.3) is 0 Å². The fourth-order valence-electron chi connectivity index (χ4n) is 1.29. The Morgan fingerprint density at radius 3 is 2.93 bits per heavy atom. The molecule has 0 aliphatic carbocycles. The number of hydrazine groups is 2. The fourth-order valence-corrected chi connectivity index (χ4v) is 1.29. The topological polar surface area (TPSA) is 62.4 Å². The average molecular weight is 201 g/mol. The second-order valence-electron chi connectivity index (χ2n) is 3.43. The van der Waals surface area contributed by atoms with Crippen molar-refractivity contribution in [2.45, 2.75) is 38.6 Å². The molecule has 14 heavy (non-hydrogen) atoms. The van der Waals surface area contributed by atoms with Crippen molar-refractivity contribution in [3.8, 4) is 0 Å². The maximum atomic E-state index is 11.3. The van der Waals surface area contributed by atoms with Gasteiger partial charge in [-0.3, -0.25) is 4.79 Å². The van der Waals surface area contributed by atoms with Gasteiger partial charge in [0.2, 0.25) is 0 Å². The summed E-state index contributed by atoms with van der Waals surface area (Å²) in [6.45, 7) is 3.27. The number of carbonyl (C=O) groups excluding carboxylic acids is 1. The number of rotatable bonds is 6. The molecular formula is C9H19N3O2. The Morgan fingerprint density at radius 2 is 2.29 bits per heavy atom. The molecule has 0 saturated carbocycles. The van der Waals surface area contributed by atoms with Crippen molar-refractivity contribution in [3.63, 3.8) is 0 Å². The van der Waals surface area contributed by atoms with Gasteiger partial charge in [-0.05, 0) is 6.42 Å². The van der Waals surface area contributed by atoms with Crippen LogP contribution in [0.1, 0.15) is 32.6 Å². The molecule has 5 heteroatoms. The summed E-state index contributed by atoms with van der Waals surface area (Å²) >= 11 is 0. The Labute approximate surface area is 84.5 Å². The maximum Gasteiger partial charge on any atom is 0.325 e. The number of carbonyl (C=O) groups is 1. The molecule has 1 atom stereocenters. The van der Waals surface area contributed by atoms with E-state index in [1.165, 1.54) is 12.8 Å². The van der Waals surface area contributed by atoms with E-state index in [1.54, 1.807) is 0 Å². The highest BCUT2D eigenvalue weighted by Gasteiger charge is 2.22. The van der Waals surface area contributed by atoms with E-state index in [4.69, 9.17) is 4.74 Å². The van der Waals surface area contributed by atoms with Crippen molar-refractivity contribution in [3.05, 3.63) is 0 Å². The van der Waals surface area contributed by atoms with Gasteiger partial charge in [-0.2, -0.15) is 5.53 Å². The van der Waals surface area contributed by atoms with Crippen molar-refractivity contribution < 1.29 is 9.53 Å². The summed E-state index contributed by atoms with van der Waals surface area (Å²) in [5.74, 6) is -0.181. The molecule has 0 amide bonds.